The number of carbonyl (C=O) groups is 3. The van der Waals surface area contributed by atoms with Gasteiger partial charge in [0, 0.05) is 37.1 Å². The number of amides is 3. The zero-order chi connectivity index (χ0) is 33.7. The van der Waals surface area contributed by atoms with Crippen LogP contribution in [0.2, 0.25) is 0 Å². The van der Waals surface area contributed by atoms with Crippen molar-refractivity contribution in [2.45, 2.75) is 54.4 Å². The molecule has 3 amide bonds. The number of rotatable bonds is 16. The molecule has 0 aliphatic heterocycles. The van der Waals surface area contributed by atoms with Crippen molar-refractivity contribution >= 4 is 52.2 Å². The van der Waals surface area contributed by atoms with Crippen molar-refractivity contribution < 1.29 is 19.1 Å². The van der Waals surface area contributed by atoms with E-state index in [-0.39, 0.29) is 29.4 Å². The molecule has 46 heavy (non-hydrogen) atoms. The van der Waals surface area contributed by atoms with E-state index in [9.17, 15) is 19.2 Å². The molecule has 0 saturated heterocycles. The van der Waals surface area contributed by atoms with Gasteiger partial charge < -0.3 is 20.3 Å². The van der Waals surface area contributed by atoms with Gasteiger partial charge in [-0.2, -0.15) is 0 Å². The predicted molar refractivity (Wildman–Crippen MR) is 179 cm³/mol. The van der Waals surface area contributed by atoms with E-state index in [1.54, 1.807) is 13.8 Å². The molecule has 248 valence electrons. The van der Waals surface area contributed by atoms with Gasteiger partial charge in [0.2, 0.25) is 11.1 Å². The summed E-state index contributed by atoms with van der Waals surface area (Å²) < 4.78 is 5.41. The Balaban J connectivity index is 1.33. The molecule has 14 nitrogen and oxygen atoms in total. The molecule has 0 fully saturated rings. The zero-order valence-corrected chi connectivity index (χ0v) is 28.0. The maximum atomic E-state index is 12.3. The van der Waals surface area contributed by atoms with Crippen LogP contribution < -0.4 is 26.4 Å². The number of hydrogen-bond donors (Lipinski definition) is 4. The number of carbonyl (C=O) groups excluding carboxylic acids is 3. The average Bonchev–Trinajstić information content (AvgIpc) is 3.36. The summed E-state index contributed by atoms with van der Waals surface area (Å²) >= 11 is 1.19. The van der Waals surface area contributed by atoms with Crippen LogP contribution in [-0.2, 0) is 4.74 Å². The second-order valence-corrected chi connectivity index (χ2v) is 12.7. The van der Waals surface area contributed by atoms with Crippen molar-refractivity contribution in [2.75, 3.05) is 43.0 Å². The molecule has 0 aliphatic rings. The molecule has 0 radical (unpaired) electrons. The van der Waals surface area contributed by atoms with Crippen LogP contribution in [0.4, 0.5) is 32.0 Å². The standard InChI is InChI=1S/C31H43N9O5S/c1-7-40(24-10-8-23(9-11-24)38-39-29-35-22(4)25(19-41)46-29)14-15-45-30(44)32-13-12-31(5,6)17-20(2)18-33-28(43)37-27-34-21(3)16-26(42)36-27/h8-11,16,19-20H,7,12-15,17-18H2,1-6H3,(H,32,44)(H3,33,34,36,37,42,43). The van der Waals surface area contributed by atoms with E-state index in [4.69, 9.17) is 4.74 Å². The van der Waals surface area contributed by atoms with Crippen molar-refractivity contribution in [3.05, 3.63) is 57.0 Å². The summed E-state index contributed by atoms with van der Waals surface area (Å²) in [5, 5.41) is 16.9. The first-order chi connectivity index (χ1) is 21.9. The predicted octanol–water partition coefficient (Wildman–Crippen LogP) is 5.89. The van der Waals surface area contributed by atoms with Crippen LogP contribution in [-0.4, -0.2) is 66.1 Å². The van der Waals surface area contributed by atoms with Crippen molar-refractivity contribution in [2.24, 2.45) is 21.6 Å². The van der Waals surface area contributed by atoms with E-state index in [1.165, 1.54) is 17.4 Å². The second kappa shape index (κ2) is 17.1. The number of aryl methyl sites for hydroxylation is 2. The first kappa shape index (κ1) is 35.8. The Morgan fingerprint density at radius 3 is 2.54 bits per heavy atom. The smallest absolute Gasteiger partial charge is 0.407 e. The van der Waals surface area contributed by atoms with Crippen molar-refractivity contribution in [1.82, 2.24) is 25.6 Å². The maximum absolute atomic E-state index is 12.3. The van der Waals surface area contributed by atoms with Crippen LogP contribution in [0.3, 0.4) is 0 Å². The topological polar surface area (TPSA) is 183 Å². The number of thiazole rings is 1. The number of nitrogens with one attached hydrogen (secondary N) is 4. The fourth-order valence-electron chi connectivity index (χ4n) is 4.82. The van der Waals surface area contributed by atoms with Gasteiger partial charge >= 0.3 is 12.1 Å². The van der Waals surface area contributed by atoms with Crippen LogP contribution in [0.1, 0.15) is 61.6 Å². The molecule has 0 aliphatic carbocycles. The molecule has 1 aromatic carbocycles. The first-order valence-electron chi connectivity index (χ1n) is 15.1. The number of H-pyrrole nitrogens is 1. The van der Waals surface area contributed by atoms with Crippen LogP contribution in [0, 0.1) is 25.2 Å². The molecular weight excluding hydrogens is 610 g/mol. The Labute approximate surface area is 272 Å². The number of aromatic nitrogens is 3. The van der Waals surface area contributed by atoms with Crippen LogP contribution in [0.5, 0.6) is 0 Å². The Morgan fingerprint density at radius 2 is 1.89 bits per heavy atom. The molecule has 0 spiro atoms. The average molecular weight is 654 g/mol. The highest BCUT2D eigenvalue weighted by molar-refractivity contribution is 7.17. The lowest BCUT2D eigenvalue weighted by Crippen LogP contribution is -2.35. The highest BCUT2D eigenvalue weighted by Crippen LogP contribution is 2.29. The van der Waals surface area contributed by atoms with E-state index >= 15 is 0 Å². The third kappa shape index (κ3) is 12.0. The highest BCUT2D eigenvalue weighted by atomic mass is 32.1. The van der Waals surface area contributed by atoms with Gasteiger partial charge in [0.05, 0.1) is 22.8 Å². The summed E-state index contributed by atoms with van der Waals surface area (Å²) in [6.07, 6.45) is 1.85. The number of urea groups is 1. The molecule has 3 rings (SSSR count). The molecular formula is C31H43N9O5S. The van der Waals surface area contributed by atoms with E-state index in [1.807, 2.05) is 38.1 Å². The molecule has 2 aromatic heterocycles. The number of anilines is 2. The van der Waals surface area contributed by atoms with Gasteiger partial charge in [-0.05, 0) is 69.2 Å². The number of benzene rings is 1. The molecule has 2 heterocycles. The summed E-state index contributed by atoms with van der Waals surface area (Å²) in [6.45, 7) is 14.1. The fraction of sp³-hybridized carbons (Fsp3) is 0.484. The van der Waals surface area contributed by atoms with Gasteiger partial charge in [0.15, 0.2) is 6.29 Å². The number of alkyl carbamates (subject to hydrolysis) is 1. The highest BCUT2D eigenvalue weighted by Gasteiger charge is 2.22. The summed E-state index contributed by atoms with van der Waals surface area (Å²) in [4.78, 5) is 60.5. The van der Waals surface area contributed by atoms with E-state index in [2.05, 4.69) is 59.9 Å². The molecule has 0 saturated carbocycles. The fourth-order valence-corrected chi connectivity index (χ4v) is 5.53. The van der Waals surface area contributed by atoms with E-state index in [0.29, 0.717) is 46.7 Å². The number of ether oxygens (including phenoxy) is 1. The lowest BCUT2D eigenvalue weighted by atomic mass is 9.80. The van der Waals surface area contributed by atoms with Crippen LogP contribution in [0.25, 0.3) is 0 Å². The summed E-state index contributed by atoms with van der Waals surface area (Å²) in [5.41, 5.74) is 2.35. The van der Waals surface area contributed by atoms with Gasteiger partial charge in [0.1, 0.15) is 6.61 Å². The number of nitrogens with zero attached hydrogens (tertiary/aromatic N) is 5. The summed E-state index contributed by atoms with van der Waals surface area (Å²) in [7, 11) is 0. The molecule has 3 aromatic rings. The lowest BCUT2D eigenvalue weighted by molar-refractivity contribution is 0.112. The Morgan fingerprint density at radius 1 is 1.15 bits per heavy atom. The van der Waals surface area contributed by atoms with Crippen molar-refractivity contribution in [3.63, 3.8) is 0 Å². The lowest BCUT2D eigenvalue weighted by Gasteiger charge is -2.28. The minimum absolute atomic E-state index is 0.0867. The van der Waals surface area contributed by atoms with Crippen LogP contribution in [0.15, 0.2) is 45.4 Å². The molecule has 1 atom stereocenters. The van der Waals surface area contributed by atoms with Gasteiger partial charge in [-0.1, -0.05) is 32.1 Å². The molecule has 15 heteroatoms. The normalized spacial score (nSPS) is 12.0. The van der Waals surface area contributed by atoms with Crippen molar-refractivity contribution in [3.8, 4) is 0 Å². The van der Waals surface area contributed by atoms with Gasteiger partial charge in [0.25, 0.3) is 5.56 Å². The number of aldehydes is 1. The number of aromatic amines is 1. The molecule has 0 bridgehead atoms. The number of hydrogen-bond acceptors (Lipinski definition) is 11. The minimum Gasteiger partial charge on any atom is -0.448 e. The zero-order valence-electron chi connectivity index (χ0n) is 27.2. The van der Waals surface area contributed by atoms with Gasteiger partial charge in [-0.3, -0.25) is 19.9 Å². The van der Waals surface area contributed by atoms with Gasteiger partial charge in [-0.15, -0.1) is 10.2 Å². The molecule has 1 unspecified atom stereocenters. The Kier molecular flexibility index (Phi) is 13.4. The van der Waals surface area contributed by atoms with E-state index in [0.717, 1.165) is 31.4 Å². The van der Waals surface area contributed by atoms with Gasteiger partial charge in [-0.25, -0.2) is 19.6 Å². The monoisotopic (exact) mass is 653 g/mol. The maximum Gasteiger partial charge on any atom is 0.407 e. The number of likely N-dealkylation sites (N-methyl/N-ethyl adjacent to an activating group) is 1. The van der Waals surface area contributed by atoms with E-state index < -0.39 is 12.1 Å². The second-order valence-electron chi connectivity index (χ2n) is 11.7. The minimum atomic E-state index is -0.466. The molecule has 4 N–H and O–H groups in total. The Bertz CT molecular complexity index is 1550. The third-order valence-electron chi connectivity index (χ3n) is 7.06. The largest absolute Gasteiger partial charge is 0.448 e. The third-order valence-corrected chi connectivity index (χ3v) is 8.02. The SMILES string of the molecule is CCN(CCOC(=O)NCCC(C)(C)CC(C)CNC(=O)Nc1nc(C)cc(=O)[nH]1)c1ccc(N=Nc2nc(C)c(C=O)s2)cc1. The van der Waals surface area contributed by atoms with Crippen molar-refractivity contribution in [1.29, 1.82) is 0 Å². The Hall–Kier alpha value is -4.66. The summed E-state index contributed by atoms with van der Waals surface area (Å²) in [5.74, 6) is 0.275. The number of azo groups is 1. The first-order valence-corrected chi connectivity index (χ1v) is 15.9. The summed E-state index contributed by atoms with van der Waals surface area (Å²) in [6, 6.07) is 8.44. The van der Waals surface area contributed by atoms with Crippen LogP contribution >= 0.6 is 11.3 Å². The quantitative estimate of drug-likeness (QED) is 0.109.